The van der Waals surface area contributed by atoms with Gasteiger partial charge in [0.2, 0.25) is 0 Å². The Morgan fingerprint density at radius 2 is 1.93 bits per heavy atom. The zero-order valence-electron chi connectivity index (χ0n) is 23.5. The number of anilines is 1. The number of ether oxygens (including phenoxy) is 1. The van der Waals surface area contributed by atoms with E-state index in [1.54, 1.807) is 6.07 Å². The number of halogens is 1. The molecule has 2 aromatic carbocycles. The summed E-state index contributed by atoms with van der Waals surface area (Å²) in [7, 11) is 0. The third-order valence-electron chi connectivity index (χ3n) is 8.20. The number of para-hydroxylation sites is 1. The zero-order chi connectivity index (χ0) is 28.3. The van der Waals surface area contributed by atoms with E-state index in [1.165, 1.54) is 11.8 Å². The summed E-state index contributed by atoms with van der Waals surface area (Å²) in [4.78, 5) is 23.1. The normalized spacial score (nSPS) is 17.4. The van der Waals surface area contributed by atoms with Gasteiger partial charge in [-0.05, 0) is 68.5 Å². The van der Waals surface area contributed by atoms with Gasteiger partial charge in [-0.1, -0.05) is 18.2 Å². The molecule has 2 aliphatic rings. The molecule has 214 valence electrons. The maximum absolute atomic E-state index is 15.0. The molecule has 4 aromatic rings. The van der Waals surface area contributed by atoms with Crippen LogP contribution in [0, 0.1) is 12.7 Å². The van der Waals surface area contributed by atoms with Crippen molar-refractivity contribution < 1.29 is 14.2 Å². The number of aryl methyl sites for hydroxylation is 1. The average molecular weight is 557 g/mol. The van der Waals surface area contributed by atoms with Crippen LogP contribution in [0.2, 0.25) is 0 Å². The Bertz CT molecular complexity index is 1570. The van der Waals surface area contributed by atoms with Crippen LogP contribution in [0.25, 0.3) is 10.9 Å². The number of hydrogen-bond donors (Lipinski definition) is 1. The summed E-state index contributed by atoms with van der Waals surface area (Å²) in [6.45, 7) is 4.84. The molecular weight excluding hydrogens is 519 g/mol. The van der Waals surface area contributed by atoms with Crippen molar-refractivity contribution >= 4 is 16.6 Å². The van der Waals surface area contributed by atoms with E-state index < -0.39 is 5.82 Å². The molecule has 0 bridgehead atoms. The first kappa shape index (κ1) is 27.4. The van der Waals surface area contributed by atoms with E-state index in [0.29, 0.717) is 29.6 Å². The van der Waals surface area contributed by atoms with Crippen LogP contribution in [-0.2, 0) is 13.1 Å². The van der Waals surface area contributed by atoms with Gasteiger partial charge in [0, 0.05) is 79.1 Å². The highest BCUT2D eigenvalue weighted by atomic mass is 19.1. The molecule has 0 amide bonds. The SMILES string of the molecule is Cc1cc(CN(Cc2cn(C3CC3)c3cc(OCCO)c(F)cc3c2=O)[C@H]2CCCN(c3ccccc3)C2)ccn1. The Morgan fingerprint density at radius 3 is 2.68 bits per heavy atom. The number of aromatic nitrogens is 2. The molecule has 1 N–H and O–H groups in total. The fraction of sp³-hybridized carbons (Fsp3) is 0.394. The van der Waals surface area contributed by atoms with Crippen LogP contribution in [0.5, 0.6) is 5.75 Å². The second-order valence-corrected chi connectivity index (χ2v) is 11.3. The Hall–Kier alpha value is -3.75. The van der Waals surface area contributed by atoms with Crippen molar-refractivity contribution in [3.8, 4) is 5.75 Å². The standard InChI is InChI=1S/C33H37FN4O3/c1-23-16-24(11-12-35-23)19-37(28-8-5-13-36(22-28)26-6-3-2-4-7-26)20-25-21-38(27-9-10-27)31-18-32(41-15-14-39)30(34)17-29(31)33(25)40/h2-4,6-7,11-12,16-18,21,27-28,39H,5,8-10,13-15,19-20,22H2,1H3/t28-/m0/s1. The van der Waals surface area contributed by atoms with Crippen LogP contribution in [0.3, 0.4) is 0 Å². The van der Waals surface area contributed by atoms with Gasteiger partial charge in [-0.3, -0.25) is 14.7 Å². The molecule has 7 nitrogen and oxygen atoms in total. The molecule has 1 saturated heterocycles. The Labute approximate surface area is 239 Å². The molecule has 3 heterocycles. The van der Waals surface area contributed by atoms with E-state index in [2.05, 4.69) is 49.7 Å². The fourth-order valence-electron chi connectivity index (χ4n) is 6.04. The van der Waals surface area contributed by atoms with Crippen molar-refractivity contribution in [3.05, 3.63) is 99.9 Å². The molecule has 8 heteroatoms. The highest BCUT2D eigenvalue weighted by Gasteiger charge is 2.29. The Balaban J connectivity index is 1.37. The summed E-state index contributed by atoms with van der Waals surface area (Å²) >= 11 is 0. The smallest absolute Gasteiger partial charge is 0.193 e. The number of aliphatic hydroxyl groups excluding tert-OH is 1. The van der Waals surface area contributed by atoms with Gasteiger partial charge in [-0.15, -0.1) is 0 Å². The highest BCUT2D eigenvalue weighted by molar-refractivity contribution is 5.81. The van der Waals surface area contributed by atoms with E-state index >= 15 is 4.39 Å². The van der Waals surface area contributed by atoms with Crippen molar-refractivity contribution in [2.45, 2.75) is 57.8 Å². The minimum atomic E-state index is -0.586. The molecule has 0 spiro atoms. The number of nitrogens with zero attached hydrogens (tertiary/aromatic N) is 4. The van der Waals surface area contributed by atoms with E-state index in [-0.39, 0.29) is 36.5 Å². The number of pyridine rings is 2. The molecular formula is C33H37FN4O3. The van der Waals surface area contributed by atoms with Crippen LogP contribution >= 0.6 is 0 Å². The highest BCUT2D eigenvalue weighted by Crippen LogP contribution is 2.38. The minimum Gasteiger partial charge on any atom is -0.488 e. The first-order valence-electron chi connectivity index (χ1n) is 14.6. The molecule has 1 aliphatic carbocycles. The number of aliphatic hydroxyl groups is 1. The van der Waals surface area contributed by atoms with E-state index in [0.717, 1.165) is 50.0 Å². The third-order valence-corrected chi connectivity index (χ3v) is 8.20. The Kier molecular flexibility index (Phi) is 8.03. The molecule has 1 atom stereocenters. The van der Waals surface area contributed by atoms with Gasteiger partial charge >= 0.3 is 0 Å². The number of hydrogen-bond acceptors (Lipinski definition) is 6. The number of piperidine rings is 1. The van der Waals surface area contributed by atoms with Gasteiger partial charge in [-0.2, -0.15) is 0 Å². The van der Waals surface area contributed by atoms with Gasteiger partial charge in [0.05, 0.1) is 12.1 Å². The van der Waals surface area contributed by atoms with Gasteiger partial charge in [0.1, 0.15) is 6.61 Å². The van der Waals surface area contributed by atoms with Gasteiger partial charge < -0.3 is 19.3 Å². The molecule has 41 heavy (non-hydrogen) atoms. The van der Waals surface area contributed by atoms with Crippen LogP contribution in [-0.4, -0.2) is 51.9 Å². The predicted molar refractivity (Wildman–Crippen MR) is 159 cm³/mol. The van der Waals surface area contributed by atoms with Crippen LogP contribution in [0.1, 0.15) is 48.5 Å². The largest absolute Gasteiger partial charge is 0.488 e. The molecule has 2 aromatic heterocycles. The van der Waals surface area contributed by atoms with Crippen molar-refractivity contribution in [2.24, 2.45) is 0 Å². The summed E-state index contributed by atoms with van der Waals surface area (Å²) < 4.78 is 22.6. The van der Waals surface area contributed by atoms with E-state index in [9.17, 15) is 4.79 Å². The van der Waals surface area contributed by atoms with E-state index in [1.807, 2.05) is 31.5 Å². The van der Waals surface area contributed by atoms with Crippen molar-refractivity contribution in [3.63, 3.8) is 0 Å². The van der Waals surface area contributed by atoms with Crippen molar-refractivity contribution in [2.75, 3.05) is 31.2 Å². The topological polar surface area (TPSA) is 70.8 Å². The summed E-state index contributed by atoms with van der Waals surface area (Å²) in [5, 5.41) is 9.52. The lowest BCUT2D eigenvalue weighted by Gasteiger charge is -2.40. The van der Waals surface area contributed by atoms with Gasteiger partial charge in [0.25, 0.3) is 0 Å². The van der Waals surface area contributed by atoms with Crippen LogP contribution < -0.4 is 15.1 Å². The zero-order valence-corrected chi connectivity index (χ0v) is 23.5. The lowest BCUT2D eigenvalue weighted by Crippen LogP contribution is -2.48. The average Bonchev–Trinajstić information content (AvgIpc) is 3.84. The molecule has 1 aliphatic heterocycles. The quantitative estimate of drug-likeness (QED) is 0.289. The predicted octanol–water partition coefficient (Wildman–Crippen LogP) is 5.22. The lowest BCUT2D eigenvalue weighted by molar-refractivity contribution is 0.158. The Morgan fingerprint density at radius 1 is 1.10 bits per heavy atom. The lowest BCUT2D eigenvalue weighted by atomic mass is 10.0. The maximum atomic E-state index is 15.0. The number of fused-ring (bicyclic) bond motifs is 1. The third kappa shape index (κ3) is 6.14. The summed E-state index contributed by atoms with van der Waals surface area (Å²) in [6, 6.07) is 18.1. The van der Waals surface area contributed by atoms with E-state index in [4.69, 9.17) is 9.84 Å². The second kappa shape index (κ2) is 12.0. The first-order chi connectivity index (χ1) is 20.0. The minimum absolute atomic E-state index is 0.000993. The van der Waals surface area contributed by atoms with Crippen LogP contribution in [0.4, 0.5) is 10.1 Å². The fourth-order valence-corrected chi connectivity index (χ4v) is 6.04. The molecule has 6 rings (SSSR count). The number of rotatable bonds is 10. The van der Waals surface area contributed by atoms with Crippen molar-refractivity contribution in [1.29, 1.82) is 0 Å². The van der Waals surface area contributed by atoms with Crippen molar-refractivity contribution in [1.82, 2.24) is 14.5 Å². The number of benzene rings is 2. The molecule has 2 fully saturated rings. The first-order valence-corrected chi connectivity index (χ1v) is 14.6. The molecule has 0 unspecified atom stereocenters. The van der Waals surface area contributed by atoms with Gasteiger partial charge in [0.15, 0.2) is 17.0 Å². The van der Waals surface area contributed by atoms with Gasteiger partial charge in [-0.25, -0.2) is 4.39 Å². The summed E-state index contributed by atoms with van der Waals surface area (Å²) in [6.07, 6.45) is 7.98. The van der Waals surface area contributed by atoms with Crippen LogP contribution in [0.15, 0.2) is 71.8 Å². The summed E-state index contributed by atoms with van der Waals surface area (Å²) in [5.41, 5.74) is 4.56. The molecule has 1 saturated carbocycles. The maximum Gasteiger partial charge on any atom is 0.193 e. The summed E-state index contributed by atoms with van der Waals surface area (Å²) in [5.74, 6) is -0.525. The second-order valence-electron chi connectivity index (χ2n) is 11.3. The monoisotopic (exact) mass is 556 g/mol. The molecule has 0 radical (unpaired) electrons.